The minimum absolute atomic E-state index is 0.293. The number of aromatic carboxylic acids is 1. The molecule has 25 heavy (non-hydrogen) atoms. The van der Waals surface area contributed by atoms with Crippen LogP contribution in [0.3, 0.4) is 0 Å². The van der Waals surface area contributed by atoms with Crippen molar-refractivity contribution in [3.63, 3.8) is 0 Å². The molecule has 1 atom stereocenters. The van der Waals surface area contributed by atoms with Crippen molar-refractivity contribution in [1.29, 1.82) is 0 Å². The number of nitrogens with zero attached hydrogens (tertiary/aromatic N) is 1. The zero-order valence-corrected chi connectivity index (χ0v) is 14.0. The third-order valence-electron chi connectivity index (χ3n) is 5.00. The van der Waals surface area contributed by atoms with Gasteiger partial charge in [0.1, 0.15) is 0 Å². The summed E-state index contributed by atoms with van der Waals surface area (Å²) >= 11 is 0. The van der Waals surface area contributed by atoms with Gasteiger partial charge in [-0.3, -0.25) is 4.90 Å². The average molecular weight is 339 g/mol. The van der Waals surface area contributed by atoms with Gasteiger partial charge in [-0.2, -0.15) is 0 Å². The van der Waals surface area contributed by atoms with Crippen LogP contribution in [0, 0.1) is 5.92 Å². The second kappa shape index (κ2) is 6.76. The summed E-state index contributed by atoms with van der Waals surface area (Å²) in [5.74, 6) is 1.32. The summed E-state index contributed by atoms with van der Waals surface area (Å²) in [6, 6.07) is 13.3. The Morgan fingerprint density at radius 2 is 1.96 bits per heavy atom. The topological polar surface area (TPSA) is 59.0 Å². The maximum absolute atomic E-state index is 11.4. The van der Waals surface area contributed by atoms with E-state index in [9.17, 15) is 9.90 Å². The van der Waals surface area contributed by atoms with Gasteiger partial charge in [-0.05, 0) is 43.0 Å². The van der Waals surface area contributed by atoms with Crippen molar-refractivity contribution in [1.82, 2.24) is 4.90 Å². The summed E-state index contributed by atoms with van der Waals surface area (Å²) in [4.78, 5) is 13.8. The third-order valence-corrected chi connectivity index (χ3v) is 5.00. The quantitative estimate of drug-likeness (QED) is 0.907. The van der Waals surface area contributed by atoms with Gasteiger partial charge in [0.2, 0.25) is 6.79 Å². The SMILES string of the molecule is O=C(O)c1ccccc1CC1CCN(Cc2cccc3c2OCO3)C1. The van der Waals surface area contributed by atoms with E-state index in [4.69, 9.17) is 9.47 Å². The molecule has 1 unspecified atom stereocenters. The van der Waals surface area contributed by atoms with Gasteiger partial charge < -0.3 is 14.6 Å². The lowest BCUT2D eigenvalue weighted by Crippen LogP contribution is -2.21. The van der Waals surface area contributed by atoms with Crippen LogP contribution in [0.25, 0.3) is 0 Å². The second-order valence-corrected chi connectivity index (χ2v) is 6.71. The summed E-state index contributed by atoms with van der Waals surface area (Å²) in [5.41, 5.74) is 2.51. The van der Waals surface area contributed by atoms with E-state index in [1.54, 1.807) is 12.1 Å². The van der Waals surface area contributed by atoms with Crippen LogP contribution in [0.15, 0.2) is 42.5 Å². The molecule has 1 saturated heterocycles. The molecule has 0 aromatic heterocycles. The average Bonchev–Trinajstić information content (AvgIpc) is 3.25. The Labute approximate surface area is 146 Å². The monoisotopic (exact) mass is 339 g/mol. The predicted octanol–water partition coefficient (Wildman–Crippen LogP) is 3.18. The minimum Gasteiger partial charge on any atom is -0.478 e. The number of likely N-dealkylation sites (tertiary alicyclic amines) is 1. The smallest absolute Gasteiger partial charge is 0.335 e. The minimum atomic E-state index is -0.845. The zero-order chi connectivity index (χ0) is 17.2. The third kappa shape index (κ3) is 3.33. The van der Waals surface area contributed by atoms with Crippen LogP contribution >= 0.6 is 0 Å². The molecule has 2 aromatic carbocycles. The van der Waals surface area contributed by atoms with Crippen LogP contribution < -0.4 is 9.47 Å². The Hall–Kier alpha value is -2.53. The number of carboxylic acid groups (broad SMARTS) is 1. The first kappa shape index (κ1) is 16.0. The van der Waals surface area contributed by atoms with Gasteiger partial charge >= 0.3 is 5.97 Å². The van der Waals surface area contributed by atoms with E-state index in [1.807, 2.05) is 24.3 Å². The van der Waals surface area contributed by atoms with E-state index >= 15 is 0 Å². The number of para-hydroxylation sites is 1. The van der Waals surface area contributed by atoms with Crippen LogP contribution in [0.4, 0.5) is 0 Å². The van der Waals surface area contributed by atoms with Gasteiger partial charge in [0, 0.05) is 18.7 Å². The molecule has 0 saturated carbocycles. The fourth-order valence-corrected chi connectivity index (χ4v) is 3.80. The van der Waals surface area contributed by atoms with E-state index in [2.05, 4.69) is 11.0 Å². The summed E-state index contributed by atoms with van der Waals surface area (Å²) < 4.78 is 11.0. The van der Waals surface area contributed by atoms with Crippen molar-refractivity contribution in [2.75, 3.05) is 19.9 Å². The second-order valence-electron chi connectivity index (χ2n) is 6.71. The van der Waals surface area contributed by atoms with Gasteiger partial charge in [0.25, 0.3) is 0 Å². The molecule has 130 valence electrons. The van der Waals surface area contributed by atoms with Crippen molar-refractivity contribution in [2.24, 2.45) is 5.92 Å². The van der Waals surface area contributed by atoms with E-state index in [0.29, 0.717) is 18.3 Å². The van der Waals surface area contributed by atoms with Gasteiger partial charge in [0.15, 0.2) is 11.5 Å². The highest BCUT2D eigenvalue weighted by Gasteiger charge is 2.26. The molecule has 2 aliphatic rings. The largest absolute Gasteiger partial charge is 0.478 e. The summed E-state index contributed by atoms with van der Waals surface area (Å²) in [6.45, 7) is 3.12. The van der Waals surface area contributed by atoms with Crippen molar-refractivity contribution in [3.05, 3.63) is 59.2 Å². The van der Waals surface area contributed by atoms with Crippen LogP contribution in [0.1, 0.15) is 27.9 Å². The number of carboxylic acids is 1. The Kier molecular flexibility index (Phi) is 4.32. The summed E-state index contributed by atoms with van der Waals surface area (Å²) in [7, 11) is 0. The first-order valence-corrected chi connectivity index (χ1v) is 8.62. The van der Waals surface area contributed by atoms with E-state index < -0.39 is 5.97 Å². The fraction of sp³-hybridized carbons (Fsp3) is 0.350. The number of carbonyl (C=O) groups is 1. The Morgan fingerprint density at radius 3 is 2.84 bits per heavy atom. The first-order valence-electron chi connectivity index (χ1n) is 8.62. The maximum Gasteiger partial charge on any atom is 0.335 e. The number of benzene rings is 2. The lowest BCUT2D eigenvalue weighted by Gasteiger charge is -2.17. The molecule has 0 spiro atoms. The van der Waals surface area contributed by atoms with Crippen molar-refractivity contribution >= 4 is 5.97 Å². The number of ether oxygens (including phenoxy) is 2. The van der Waals surface area contributed by atoms with Gasteiger partial charge in [-0.15, -0.1) is 0 Å². The van der Waals surface area contributed by atoms with Crippen molar-refractivity contribution in [2.45, 2.75) is 19.4 Å². The van der Waals surface area contributed by atoms with Crippen LogP contribution in [-0.4, -0.2) is 35.9 Å². The molecule has 0 aliphatic carbocycles. The van der Waals surface area contributed by atoms with Gasteiger partial charge in [-0.1, -0.05) is 30.3 Å². The van der Waals surface area contributed by atoms with Crippen LogP contribution in [0.2, 0.25) is 0 Å². The standard InChI is InChI=1S/C20H21NO4/c22-20(23)17-6-2-1-4-15(17)10-14-8-9-21(11-14)12-16-5-3-7-18-19(16)25-13-24-18/h1-7,14H,8-13H2,(H,22,23). The lowest BCUT2D eigenvalue weighted by molar-refractivity contribution is 0.0695. The van der Waals surface area contributed by atoms with E-state index in [1.165, 1.54) is 0 Å². The number of hydrogen-bond acceptors (Lipinski definition) is 4. The molecular weight excluding hydrogens is 318 g/mol. The normalized spacial score (nSPS) is 19.3. The maximum atomic E-state index is 11.4. The van der Waals surface area contributed by atoms with Crippen LogP contribution in [0.5, 0.6) is 11.5 Å². The van der Waals surface area contributed by atoms with E-state index in [-0.39, 0.29) is 0 Å². The highest BCUT2D eigenvalue weighted by molar-refractivity contribution is 5.89. The number of rotatable bonds is 5. The molecule has 1 fully saturated rings. The summed E-state index contributed by atoms with van der Waals surface area (Å²) in [6.07, 6.45) is 1.89. The van der Waals surface area contributed by atoms with E-state index in [0.717, 1.165) is 55.1 Å². The van der Waals surface area contributed by atoms with Gasteiger partial charge in [0.05, 0.1) is 5.56 Å². The number of fused-ring (bicyclic) bond motifs is 1. The Balaban J connectivity index is 1.41. The van der Waals surface area contributed by atoms with Gasteiger partial charge in [-0.25, -0.2) is 4.79 Å². The molecule has 0 bridgehead atoms. The molecule has 4 rings (SSSR count). The molecule has 2 heterocycles. The molecule has 1 N–H and O–H groups in total. The molecule has 5 heteroatoms. The molecule has 0 amide bonds. The molecule has 2 aromatic rings. The van der Waals surface area contributed by atoms with Crippen molar-refractivity contribution < 1.29 is 19.4 Å². The summed E-state index contributed by atoms with van der Waals surface area (Å²) in [5, 5.41) is 9.34. The van der Waals surface area contributed by atoms with Crippen molar-refractivity contribution in [3.8, 4) is 11.5 Å². The molecule has 2 aliphatic heterocycles. The highest BCUT2D eigenvalue weighted by atomic mass is 16.7. The van der Waals surface area contributed by atoms with Crippen LogP contribution in [-0.2, 0) is 13.0 Å². The first-order chi connectivity index (χ1) is 12.2. The zero-order valence-electron chi connectivity index (χ0n) is 14.0. The fourth-order valence-electron chi connectivity index (χ4n) is 3.80. The Bertz CT molecular complexity index is 789. The lowest BCUT2D eigenvalue weighted by atomic mass is 9.95. The Morgan fingerprint density at radius 1 is 1.12 bits per heavy atom. The highest BCUT2D eigenvalue weighted by Crippen LogP contribution is 2.36. The number of hydrogen-bond donors (Lipinski definition) is 1. The molecule has 5 nitrogen and oxygen atoms in total. The molecular formula is C20H21NO4. The predicted molar refractivity (Wildman–Crippen MR) is 93.1 cm³/mol. The molecule has 0 radical (unpaired) electrons.